The maximum Gasteiger partial charge on any atom is 0.416 e. The van der Waals surface area contributed by atoms with Crippen molar-refractivity contribution in [2.24, 2.45) is 0 Å². The van der Waals surface area contributed by atoms with Crippen LogP contribution in [0.25, 0.3) is 11.1 Å². The van der Waals surface area contributed by atoms with E-state index < -0.39 is 17.8 Å². The van der Waals surface area contributed by atoms with Crippen LogP contribution in [0.4, 0.5) is 18.0 Å². The summed E-state index contributed by atoms with van der Waals surface area (Å²) in [6.45, 7) is 2.36. The number of aryl methyl sites for hydroxylation is 1. The van der Waals surface area contributed by atoms with Crippen molar-refractivity contribution in [1.82, 2.24) is 14.9 Å². The summed E-state index contributed by atoms with van der Waals surface area (Å²) >= 11 is 0. The van der Waals surface area contributed by atoms with E-state index >= 15 is 0 Å². The second-order valence-electron chi connectivity index (χ2n) is 6.80. The highest BCUT2D eigenvalue weighted by molar-refractivity contribution is 5.75. The van der Waals surface area contributed by atoms with E-state index in [1.54, 1.807) is 24.5 Å². The number of ether oxygens (including phenoxy) is 1. The Kier molecular flexibility index (Phi) is 4.70. The largest absolute Gasteiger partial charge is 0.416 e. The Morgan fingerprint density at radius 3 is 2.34 bits per heavy atom. The molecule has 148 valence electrons. The van der Waals surface area contributed by atoms with Crippen molar-refractivity contribution in [3.05, 3.63) is 77.4 Å². The summed E-state index contributed by atoms with van der Waals surface area (Å²) < 4.78 is 43.7. The maximum absolute atomic E-state index is 12.8. The molecule has 0 radical (unpaired) electrons. The van der Waals surface area contributed by atoms with Gasteiger partial charge in [0.1, 0.15) is 11.6 Å². The summed E-state index contributed by atoms with van der Waals surface area (Å²) in [5.74, 6) is 0.932. The van der Waals surface area contributed by atoms with E-state index in [0.29, 0.717) is 23.7 Å². The number of halogens is 3. The first-order valence-electron chi connectivity index (χ1n) is 8.84. The van der Waals surface area contributed by atoms with Crippen molar-refractivity contribution in [3.63, 3.8) is 0 Å². The first-order chi connectivity index (χ1) is 13.8. The zero-order chi connectivity index (χ0) is 20.6. The molecule has 2 heterocycles. The zero-order valence-electron chi connectivity index (χ0n) is 15.4. The molecule has 2 aromatic carbocycles. The number of amides is 1. The molecule has 8 heteroatoms. The van der Waals surface area contributed by atoms with E-state index in [1.165, 1.54) is 17.0 Å². The molecule has 1 aromatic heterocycles. The van der Waals surface area contributed by atoms with E-state index in [1.807, 2.05) is 13.0 Å². The number of rotatable bonds is 3. The van der Waals surface area contributed by atoms with Gasteiger partial charge in [0.05, 0.1) is 18.7 Å². The predicted octanol–water partition coefficient (Wildman–Crippen LogP) is 4.99. The fourth-order valence-electron chi connectivity index (χ4n) is 3.05. The minimum Gasteiger partial charge on any atom is -0.410 e. The summed E-state index contributed by atoms with van der Waals surface area (Å²) in [5, 5.41) is 0. The number of carbonyl (C=O) groups excluding carboxylic acids is 1. The average Bonchev–Trinajstić information content (AvgIpc) is 2.69. The molecule has 0 bridgehead atoms. The number of aromatic nitrogens is 2. The van der Waals surface area contributed by atoms with E-state index in [9.17, 15) is 18.0 Å². The topological polar surface area (TPSA) is 55.3 Å². The number of hydrogen-bond acceptors (Lipinski definition) is 4. The van der Waals surface area contributed by atoms with Gasteiger partial charge in [0.25, 0.3) is 0 Å². The van der Waals surface area contributed by atoms with Gasteiger partial charge in [-0.25, -0.2) is 14.8 Å². The van der Waals surface area contributed by atoms with Crippen molar-refractivity contribution in [2.45, 2.75) is 26.2 Å². The minimum absolute atomic E-state index is 0.197. The molecule has 4 rings (SSSR count). The third-order valence-corrected chi connectivity index (χ3v) is 4.59. The van der Waals surface area contributed by atoms with Gasteiger partial charge < -0.3 is 4.74 Å². The first kappa shape index (κ1) is 18.9. The van der Waals surface area contributed by atoms with Gasteiger partial charge in [0.2, 0.25) is 0 Å². The molecule has 1 aliphatic heterocycles. The molecule has 0 spiro atoms. The van der Waals surface area contributed by atoms with Crippen LogP contribution in [-0.2, 0) is 19.3 Å². The van der Waals surface area contributed by atoms with Crippen LogP contribution in [-0.4, -0.2) is 21.0 Å². The van der Waals surface area contributed by atoms with Gasteiger partial charge >= 0.3 is 12.3 Å². The van der Waals surface area contributed by atoms with Crippen LogP contribution >= 0.6 is 0 Å². The summed E-state index contributed by atoms with van der Waals surface area (Å²) in [5.41, 5.74) is 2.36. The van der Waals surface area contributed by atoms with Crippen molar-refractivity contribution >= 4 is 6.09 Å². The Morgan fingerprint density at radius 2 is 1.69 bits per heavy atom. The molecule has 0 saturated carbocycles. The standard InChI is InChI=1S/C21H16F3N3O2/c1-13-9-25-19(26-10-13)12-27-11-16-8-15(4-7-18(16)29-20(27)28)14-2-5-17(6-3-14)21(22,23)24/h2-10H,11-12H2,1H3. The van der Waals surface area contributed by atoms with E-state index in [-0.39, 0.29) is 6.54 Å². The van der Waals surface area contributed by atoms with Crippen molar-refractivity contribution in [2.75, 3.05) is 0 Å². The van der Waals surface area contributed by atoms with Gasteiger partial charge in [-0.3, -0.25) is 4.90 Å². The molecular formula is C21H16F3N3O2. The third-order valence-electron chi connectivity index (χ3n) is 4.59. The Labute approximate surface area is 164 Å². The lowest BCUT2D eigenvalue weighted by Crippen LogP contribution is -2.36. The Hall–Kier alpha value is -3.42. The number of fused-ring (bicyclic) bond motifs is 1. The van der Waals surface area contributed by atoms with E-state index in [2.05, 4.69) is 9.97 Å². The van der Waals surface area contributed by atoms with Crippen molar-refractivity contribution in [1.29, 1.82) is 0 Å². The molecular weight excluding hydrogens is 383 g/mol. The highest BCUT2D eigenvalue weighted by atomic mass is 19.4. The molecule has 0 unspecified atom stereocenters. The van der Waals surface area contributed by atoms with Crippen LogP contribution < -0.4 is 4.74 Å². The third kappa shape index (κ3) is 4.06. The minimum atomic E-state index is -4.37. The SMILES string of the molecule is Cc1cnc(CN2Cc3cc(-c4ccc(C(F)(F)F)cc4)ccc3OC2=O)nc1. The Balaban J connectivity index is 1.57. The Morgan fingerprint density at radius 1 is 1.03 bits per heavy atom. The molecule has 0 N–H and O–H groups in total. The van der Waals surface area contributed by atoms with Crippen LogP contribution in [0.5, 0.6) is 5.75 Å². The number of hydrogen-bond donors (Lipinski definition) is 0. The molecule has 5 nitrogen and oxygen atoms in total. The predicted molar refractivity (Wildman–Crippen MR) is 98.9 cm³/mol. The lowest BCUT2D eigenvalue weighted by molar-refractivity contribution is -0.137. The zero-order valence-corrected chi connectivity index (χ0v) is 15.4. The van der Waals surface area contributed by atoms with Gasteiger partial charge in [-0.05, 0) is 47.9 Å². The number of benzene rings is 2. The lowest BCUT2D eigenvalue weighted by atomic mass is 10.0. The van der Waals surface area contributed by atoms with E-state index in [0.717, 1.165) is 28.8 Å². The van der Waals surface area contributed by atoms with Crippen molar-refractivity contribution < 1.29 is 22.7 Å². The molecule has 1 aliphatic rings. The van der Waals surface area contributed by atoms with Crippen molar-refractivity contribution in [3.8, 4) is 16.9 Å². The number of nitrogens with zero attached hydrogens (tertiary/aromatic N) is 3. The van der Waals surface area contributed by atoms with Crippen LogP contribution in [0.2, 0.25) is 0 Å². The molecule has 0 aliphatic carbocycles. The lowest BCUT2D eigenvalue weighted by Gasteiger charge is -2.27. The second kappa shape index (κ2) is 7.20. The van der Waals surface area contributed by atoms with Gasteiger partial charge in [0, 0.05) is 18.0 Å². The van der Waals surface area contributed by atoms with Gasteiger partial charge in [-0.2, -0.15) is 13.2 Å². The van der Waals surface area contributed by atoms with Crippen LogP contribution in [0, 0.1) is 6.92 Å². The number of alkyl halides is 3. The molecule has 0 saturated heterocycles. The molecule has 3 aromatic rings. The molecule has 0 fully saturated rings. The normalized spacial score (nSPS) is 13.8. The quantitative estimate of drug-likeness (QED) is 0.623. The molecule has 1 amide bonds. The van der Waals surface area contributed by atoms with Gasteiger partial charge in [-0.15, -0.1) is 0 Å². The van der Waals surface area contributed by atoms with Crippen LogP contribution in [0.15, 0.2) is 54.9 Å². The Bertz CT molecular complexity index is 1050. The fourth-order valence-corrected chi connectivity index (χ4v) is 3.05. The fraction of sp³-hybridized carbons (Fsp3) is 0.190. The highest BCUT2D eigenvalue weighted by Crippen LogP contribution is 2.34. The summed E-state index contributed by atoms with van der Waals surface area (Å²) in [6.07, 6.45) is -1.52. The summed E-state index contributed by atoms with van der Waals surface area (Å²) in [7, 11) is 0. The van der Waals surface area contributed by atoms with Gasteiger partial charge in [0.15, 0.2) is 0 Å². The van der Waals surface area contributed by atoms with Crippen LogP contribution in [0.3, 0.4) is 0 Å². The first-order valence-corrected chi connectivity index (χ1v) is 8.84. The average molecular weight is 399 g/mol. The summed E-state index contributed by atoms with van der Waals surface area (Å²) in [6, 6.07) is 10.1. The van der Waals surface area contributed by atoms with Crippen LogP contribution in [0.1, 0.15) is 22.5 Å². The molecule has 29 heavy (non-hydrogen) atoms. The smallest absolute Gasteiger partial charge is 0.410 e. The van der Waals surface area contributed by atoms with Gasteiger partial charge in [-0.1, -0.05) is 18.2 Å². The number of carbonyl (C=O) groups is 1. The second-order valence-corrected chi connectivity index (χ2v) is 6.80. The maximum atomic E-state index is 12.8. The highest BCUT2D eigenvalue weighted by Gasteiger charge is 2.30. The summed E-state index contributed by atoms with van der Waals surface area (Å²) in [4.78, 5) is 22.1. The monoisotopic (exact) mass is 399 g/mol. The molecule has 0 atom stereocenters. The van der Waals surface area contributed by atoms with E-state index in [4.69, 9.17) is 4.74 Å².